The molecule has 2 rings (SSSR count). The van der Waals surface area contributed by atoms with E-state index in [2.05, 4.69) is 18.2 Å². The van der Waals surface area contributed by atoms with E-state index in [1.165, 1.54) is 11.1 Å². The molecule has 2 nitrogen and oxygen atoms in total. The fraction of sp³-hybridized carbons (Fsp3) is 0.500. The molecule has 0 saturated carbocycles. The molecule has 1 aliphatic rings. The Kier molecular flexibility index (Phi) is 3.72. The van der Waals surface area contributed by atoms with Crippen LogP contribution in [0, 0.1) is 5.92 Å². The van der Waals surface area contributed by atoms with Gasteiger partial charge in [0.05, 0.1) is 6.04 Å². The van der Waals surface area contributed by atoms with Crippen molar-refractivity contribution >= 4 is 17.5 Å². The van der Waals surface area contributed by atoms with Gasteiger partial charge in [0.1, 0.15) is 0 Å². The Morgan fingerprint density at radius 1 is 1.53 bits per heavy atom. The number of hydrogen-bond donors (Lipinski definition) is 0. The second kappa shape index (κ2) is 5.09. The minimum atomic E-state index is -0.102. The molecule has 1 aliphatic carbocycles. The van der Waals surface area contributed by atoms with Crippen molar-refractivity contribution in [3.8, 4) is 0 Å². The summed E-state index contributed by atoms with van der Waals surface area (Å²) in [6.07, 6.45) is 2.09. The number of nitrogens with zero attached hydrogens (tertiary/aromatic N) is 1. The second-order valence-electron chi connectivity index (χ2n) is 4.76. The molecule has 0 radical (unpaired) electrons. The van der Waals surface area contributed by atoms with Crippen molar-refractivity contribution in [3.05, 3.63) is 35.4 Å². The summed E-state index contributed by atoms with van der Waals surface area (Å²) in [5.41, 5.74) is 2.67. The average Bonchev–Trinajstić information content (AvgIpc) is 2.79. The third kappa shape index (κ3) is 2.32. The Morgan fingerprint density at radius 3 is 2.94 bits per heavy atom. The standard InChI is InChI=1S/C14H18ClNO/c1-10(9-15)14(17)16(2)13-8-7-11-5-3-4-6-12(11)13/h3-6,10,13H,7-9H2,1-2H3. The number of alkyl halides is 1. The average molecular weight is 252 g/mol. The maximum absolute atomic E-state index is 12.1. The van der Waals surface area contributed by atoms with Gasteiger partial charge in [-0.3, -0.25) is 4.79 Å². The number of halogens is 1. The molecular weight excluding hydrogens is 234 g/mol. The molecule has 2 atom stereocenters. The lowest BCUT2D eigenvalue weighted by molar-refractivity contribution is -0.135. The number of benzene rings is 1. The van der Waals surface area contributed by atoms with Crippen LogP contribution in [0.3, 0.4) is 0 Å². The zero-order valence-electron chi connectivity index (χ0n) is 10.3. The van der Waals surface area contributed by atoms with E-state index in [0.717, 1.165) is 12.8 Å². The number of fused-ring (bicyclic) bond motifs is 1. The monoisotopic (exact) mass is 251 g/mol. The molecule has 0 N–H and O–H groups in total. The smallest absolute Gasteiger partial charge is 0.226 e. The van der Waals surface area contributed by atoms with Gasteiger partial charge in [-0.2, -0.15) is 0 Å². The van der Waals surface area contributed by atoms with Crippen molar-refractivity contribution < 1.29 is 4.79 Å². The quantitative estimate of drug-likeness (QED) is 0.757. The molecule has 0 bridgehead atoms. The molecule has 1 aromatic rings. The van der Waals surface area contributed by atoms with E-state index in [1.54, 1.807) is 0 Å². The van der Waals surface area contributed by atoms with Crippen molar-refractivity contribution in [3.63, 3.8) is 0 Å². The maximum atomic E-state index is 12.1. The highest BCUT2D eigenvalue weighted by molar-refractivity contribution is 6.19. The first-order chi connectivity index (χ1) is 8.15. The van der Waals surface area contributed by atoms with Crippen LogP contribution in [0.4, 0.5) is 0 Å². The van der Waals surface area contributed by atoms with E-state index in [1.807, 2.05) is 24.9 Å². The molecular formula is C14H18ClNO. The van der Waals surface area contributed by atoms with Crippen LogP contribution in [0.15, 0.2) is 24.3 Å². The van der Waals surface area contributed by atoms with Crippen LogP contribution >= 0.6 is 11.6 Å². The fourth-order valence-corrected chi connectivity index (χ4v) is 2.64. The topological polar surface area (TPSA) is 20.3 Å². The number of aryl methyl sites for hydroxylation is 1. The largest absolute Gasteiger partial charge is 0.338 e. The van der Waals surface area contributed by atoms with E-state index in [0.29, 0.717) is 5.88 Å². The maximum Gasteiger partial charge on any atom is 0.226 e. The van der Waals surface area contributed by atoms with Gasteiger partial charge in [-0.05, 0) is 24.0 Å². The van der Waals surface area contributed by atoms with Crippen molar-refractivity contribution in [2.45, 2.75) is 25.8 Å². The van der Waals surface area contributed by atoms with Gasteiger partial charge in [0, 0.05) is 18.8 Å². The third-order valence-corrected chi connectivity index (χ3v) is 4.03. The molecule has 92 valence electrons. The van der Waals surface area contributed by atoms with Crippen LogP contribution in [0.1, 0.15) is 30.5 Å². The van der Waals surface area contributed by atoms with Crippen molar-refractivity contribution in [2.75, 3.05) is 12.9 Å². The van der Waals surface area contributed by atoms with E-state index in [9.17, 15) is 4.79 Å². The first kappa shape index (κ1) is 12.4. The van der Waals surface area contributed by atoms with Gasteiger partial charge in [0.25, 0.3) is 0 Å². The molecule has 0 saturated heterocycles. The molecule has 2 unspecified atom stereocenters. The Balaban J connectivity index is 2.17. The SMILES string of the molecule is CC(CCl)C(=O)N(C)C1CCc2ccccc21. The zero-order chi connectivity index (χ0) is 12.4. The number of carbonyl (C=O) groups is 1. The minimum absolute atomic E-state index is 0.102. The van der Waals surface area contributed by atoms with E-state index >= 15 is 0 Å². The molecule has 0 spiro atoms. The molecule has 0 fully saturated rings. The lowest BCUT2D eigenvalue weighted by atomic mass is 10.1. The summed E-state index contributed by atoms with van der Waals surface area (Å²) in [5, 5.41) is 0. The Labute approximate surface area is 108 Å². The lowest BCUT2D eigenvalue weighted by Gasteiger charge is -2.27. The van der Waals surface area contributed by atoms with Gasteiger partial charge in [-0.25, -0.2) is 0 Å². The first-order valence-electron chi connectivity index (χ1n) is 6.05. The Hall–Kier alpha value is -1.02. The van der Waals surface area contributed by atoms with Gasteiger partial charge in [-0.15, -0.1) is 11.6 Å². The van der Waals surface area contributed by atoms with Gasteiger partial charge in [0.15, 0.2) is 0 Å². The van der Waals surface area contributed by atoms with Gasteiger partial charge >= 0.3 is 0 Å². The summed E-state index contributed by atoms with van der Waals surface area (Å²) < 4.78 is 0. The summed E-state index contributed by atoms with van der Waals surface area (Å²) in [4.78, 5) is 14.0. The molecule has 0 heterocycles. The number of hydrogen-bond acceptors (Lipinski definition) is 1. The molecule has 0 aliphatic heterocycles. The van der Waals surface area contributed by atoms with Gasteiger partial charge in [0.2, 0.25) is 5.91 Å². The van der Waals surface area contributed by atoms with Crippen molar-refractivity contribution in [1.29, 1.82) is 0 Å². The summed E-state index contributed by atoms with van der Waals surface area (Å²) in [6.45, 7) is 1.88. The van der Waals surface area contributed by atoms with Crippen molar-refractivity contribution in [1.82, 2.24) is 4.90 Å². The van der Waals surface area contributed by atoms with Gasteiger partial charge < -0.3 is 4.90 Å². The second-order valence-corrected chi connectivity index (χ2v) is 5.07. The van der Waals surface area contributed by atoms with Crippen LogP contribution in [0.5, 0.6) is 0 Å². The number of rotatable bonds is 3. The highest BCUT2D eigenvalue weighted by atomic mass is 35.5. The van der Waals surface area contributed by atoms with Gasteiger partial charge in [-0.1, -0.05) is 31.2 Å². The van der Waals surface area contributed by atoms with Crippen LogP contribution < -0.4 is 0 Å². The first-order valence-corrected chi connectivity index (χ1v) is 6.59. The fourth-order valence-electron chi connectivity index (χ4n) is 2.50. The highest BCUT2D eigenvalue weighted by Gasteiger charge is 2.29. The predicted octanol–water partition coefficient (Wildman–Crippen LogP) is 3.01. The Bertz CT molecular complexity index is 418. The zero-order valence-corrected chi connectivity index (χ0v) is 11.1. The summed E-state index contributed by atoms with van der Waals surface area (Å²) in [5.74, 6) is 0.425. The Morgan fingerprint density at radius 2 is 2.24 bits per heavy atom. The summed E-state index contributed by atoms with van der Waals surface area (Å²) >= 11 is 5.75. The van der Waals surface area contributed by atoms with E-state index < -0.39 is 0 Å². The summed E-state index contributed by atoms with van der Waals surface area (Å²) in [7, 11) is 1.89. The number of amides is 1. The molecule has 0 aromatic heterocycles. The third-order valence-electron chi connectivity index (χ3n) is 3.57. The lowest BCUT2D eigenvalue weighted by Crippen LogP contribution is -2.34. The van der Waals surface area contributed by atoms with Crippen LogP contribution in [-0.2, 0) is 11.2 Å². The molecule has 17 heavy (non-hydrogen) atoms. The van der Waals surface area contributed by atoms with Crippen LogP contribution in [-0.4, -0.2) is 23.7 Å². The predicted molar refractivity (Wildman–Crippen MR) is 70.2 cm³/mol. The van der Waals surface area contributed by atoms with Crippen LogP contribution in [0.2, 0.25) is 0 Å². The summed E-state index contributed by atoms with van der Waals surface area (Å²) in [6, 6.07) is 8.61. The molecule has 3 heteroatoms. The molecule has 1 amide bonds. The molecule has 1 aromatic carbocycles. The van der Waals surface area contributed by atoms with E-state index in [4.69, 9.17) is 11.6 Å². The van der Waals surface area contributed by atoms with E-state index in [-0.39, 0.29) is 17.9 Å². The normalized spacial score (nSPS) is 19.8. The number of carbonyl (C=O) groups excluding carboxylic acids is 1. The van der Waals surface area contributed by atoms with Crippen LogP contribution in [0.25, 0.3) is 0 Å². The minimum Gasteiger partial charge on any atom is -0.338 e. The van der Waals surface area contributed by atoms with Crippen molar-refractivity contribution in [2.24, 2.45) is 5.92 Å². The highest BCUT2D eigenvalue weighted by Crippen LogP contribution is 2.35.